The van der Waals surface area contributed by atoms with Gasteiger partial charge >= 0.3 is 0 Å². The number of non-ortho nitro benzene ring substituents is 1. The molecule has 1 fully saturated rings. The second kappa shape index (κ2) is 7.48. The number of amides is 3. The van der Waals surface area contributed by atoms with E-state index >= 15 is 0 Å². The van der Waals surface area contributed by atoms with Crippen molar-refractivity contribution < 1.29 is 19.3 Å². The number of nitro groups is 1. The van der Waals surface area contributed by atoms with Gasteiger partial charge in [0.15, 0.2) is 0 Å². The molecule has 2 rings (SSSR count). The lowest BCUT2D eigenvalue weighted by molar-refractivity contribution is -0.384. The topological polar surface area (TPSA) is 110 Å². The van der Waals surface area contributed by atoms with E-state index in [-0.39, 0.29) is 42.7 Å². The van der Waals surface area contributed by atoms with Gasteiger partial charge in [-0.25, -0.2) is 0 Å². The molecule has 0 radical (unpaired) electrons. The number of nitrogens with zero attached hydrogens (tertiary/aromatic N) is 2. The number of benzene rings is 1. The molecule has 0 aliphatic carbocycles. The molecule has 0 saturated carbocycles. The fourth-order valence-electron chi connectivity index (χ4n) is 2.32. The summed E-state index contributed by atoms with van der Waals surface area (Å²) in [4.78, 5) is 45.8. The van der Waals surface area contributed by atoms with Gasteiger partial charge in [0, 0.05) is 38.1 Å². The molecule has 1 aromatic carbocycles. The van der Waals surface area contributed by atoms with E-state index in [0.717, 1.165) is 0 Å². The minimum atomic E-state index is -0.495. The Morgan fingerprint density at radius 3 is 2.35 bits per heavy atom. The molecule has 23 heavy (non-hydrogen) atoms. The minimum Gasteiger partial charge on any atom is -0.356 e. The Hall–Kier alpha value is -2.77. The van der Waals surface area contributed by atoms with Crippen LogP contribution < -0.4 is 5.32 Å². The number of hydrogen-bond acceptors (Lipinski definition) is 5. The second-order valence-corrected chi connectivity index (χ2v) is 5.24. The van der Waals surface area contributed by atoms with Crippen molar-refractivity contribution in [3.05, 3.63) is 39.9 Å². The van der Waals surface area contributed by atoms with Gasteiger partial charge in [-0.1, -0.05) is 12.1 Å². The van der Waals surface area contributed by atoms with Gasteiger partial charge in [-0.3, -0.25) is 29.4 Å². The number of nitro benzene ring substituents is 1. The van der Waals surface area contributed by atoms with Gasteiger partial charge in [0.1, 0.15) is 0 Å². The third-order valence-corrected chi connectivity index (χ3v) is 3.55. The molecule has 1 N–H and O–H groups in total. The first kappa shape index (κ1) is 16.6. The minimum absolute atomic E-state index is 0.0193. The normalized spacial score (nSPS) is 14.2. The van der Waals surface area contributed by atoms with Crippen LogP contribution in [-0.2, 0) is 20.8 Å². The van der Waals surface area contributed by atoms with Crippen molar-refractivity contribution in [2.24, 2.45) is 0 Å². The number of carbonyl (C=O) groups is 3. The number of nitrogens with one attached hydrogen (secondary N) is 1. The molecular formula is C15H17N3O5. The molecule has 1 aromatic rings. The van der Waals surface area contributed by atoms with Crippen molar-refractivity contribution in [1.29, 1.82) is 0 Å². The van der Waals surface area contributed by atoms with Gasteiger partial charge in [0.2, 0.25) is 17.7 Å². The van der Waals surface area contributed by atoms with Crippen molar-refractivity contribution >= 4 is 23.4 Å². The number of rotatable bonds is 7. The van der Waals surface area contributed by atoms with Crippen molar-refractivity contribution in [2.75, 3.05) is 13.1 Å². The molecule has 1 saturated heterocycles. The number of carbonyl (C=O) groups excluding carboxylic acids is 3. The van der Waals surface area contributed by atoms with Gasteiger partial charge in [-0.15, -0.1) is 0 Å². The van der Waals surface area contributed by atoms with Crippen LogP contribution in [0.3, 0.4) is 0 Å². The summed E-state index contributed by atoms with van der Waals surface area (Å²) in [7, 11) is 0. The first-order valence-corrected chi connectivity index (χ1v) is 7.30. The summed E-state index contributed by atoms with van der Waals surface area (Å²) in [5.74, 6) is -0.530. The zero-order chi connectivity index (χ0) is 16.8. The summed E-state index contributed by atoms with van der Waals surface area (Å²) in [6, 6.07) is 5.79. The Labute approximate surface area is 132 Å². The number of imide groups is 1. The van der Waals surface area contributed by atoms with Crippen molar-refractivity contribution in [1.82, 2.24) is 10.2 Å². The average molecular weight is 319 g/mol. The number of likely N-dealkylation sites (tertiary alicyclic amines) is 1. The fourth-order valence-corrected chi connectivity index (χ4v) is 2.32. The predicted octanol–water partition coefficient (Wildman–Crippen LogP) is 0.793. The molecule has 0 unspecified atom stereocenters. The number of hydrogen-bond donors (Lipinski definition) is 1. The summed E-state index contributed by atoms with van der Waals surface area (Å²) < 4.78 is 0. The first-order chi connectivity index (χ1) is 11.0. The van der Waals surface area contributed by atoms with E-state index in [1.54, 1.807) is 12.1 Å². The van der Waals surface area contributed by atoms with Crippen LogP contribution >= 0.6 is 0 Å². The second-order valence-electron chi connectivity index (χ2n) is 5.24. The van der Waals surface area contributed by atoms with Gasteiger partial charge < -0.3 is 5.32 Å². The Balaban J connectivity index is 1.70. The maximum Gasteiger partial charge on any atom is 0.269 e. The predicted molar refractivity (Wildman–Crippen MR) is 80.4 cm³/mol. The smallest absolute Gasteiger partial charge is 0.269 e. The molecule has 0 spiro atoms. The van der Waals surface area contributed by atoms with Crippen LogP contribution in [0.5, 0.6) is 0 Å². The summed E-state index contributed by atoms with van der Waals surface area (Å²) in [5.41, 5.74) is 0.659. The zero-order valence-corrected chi connectivity index (χ0v) is 12.5. The highest BCUT2D eigenvalue weighted by atomic mass is 16.6. The monoisotopic (exact) mass is 319 g/mol. The average Bonchev–Trinajstić information content (AvgIpc) is 2.83. The molecule has 122 valence electrons. The van der Waals surface area contributed by atoms with Crippen molar-refractivity contribution in [2.45, 2.75) is 25.7 Å². The quantitative estimate of drug-likeness (QED) is 0.346. The lowest BCUT2D eigenvalue weighted by Gasteiger charge is -2.13. The summed E-state index contributed by atoms with van der Waals surface area (Å²) in [5, 5.41) is 13.2. The molecule has 0 bridgehead atoms. The Morgan fingerprint density at radius 1 is 1.17 bits per heavy atom. The van der Waals surface area contributed by atoms with Crippen LogP contribution in [0.25, 0.3) is 0 Å². The van der Waals surface area contributed by atoms with E-state index < -0.39 is 4.92 Å². The molecule has 1 aliphatic rings. The zero-order valence-electron chi connectivity index (χ0n) is 12.5. The van der Waals surface area contributed by atoms with E-state index in [4.69, 9.17) is 0 Å². The molecular weight excluding hydrogens is 302 g/mol. The maximum absolute atomic E-state index is 11.8. The lowest BCUT2D eigenvalue weighted by Crippen LogP contribution is -2.33. The van der Waals surface area contributed by atoms with Crippen molar-refractivity contribution in [3.63, 3.8) is 0 Å². The van der Waals surface area contributed by atoms with E-state index in [1.165, 1.54) is 17.0 Å². The maximum atomic E-state index is 11.8. The molecule has 0 aromatic heterocycles. The summed E-state index contributed by atoms with van der Waals surface area (Å²) in [6.45, 7) is 0.679. The summed E-state index contributed by atoms with van der Waals surface area (Å²) in [6.07, 6.45) is 1.17. The highest BCUT2D eigenvalue weighted by molar-refractivity contribution is 6.01. The van der Waals surface area contributed by atoms with Crippen molar-refractivity contribution in [3.8, 4) is 0 Å². The van der Waals surface area contributed by atoms with E-state index in [1.807, 2.05) is 0 Å². The molecule has 3 amide bonds. The Bertz CT molecular complexity index is 611. The fraction of sp³-hybridized carbons (Fsp3) is 0.400. The van der Waals surface area contributed by atoms with Gasteiger partial charge in [0.25, 0.3) is 5.69 Å². The molecule has 0 atom stereocenters. The highest BCUT2D eigenvalue weighted by Gasteiger charge is 2.27. The lowest BCUT2D eigenvalue weighted by atomic mass is 10.1. The van der Waals surface area contributed by atoms with E-state index in [0.29, 0.717) is 25.1 Å². The molecule has 1 aliphatic heterocycles. The van der Waals surface area contributed by atoms with Gasteiger partial charge in [-0.2, -0.15) is 0 Å². The molecule has 8 nitrogen and oxygen atoms in total. The summed E-state index contributed by atoms with van der Waals surface area (Å²) >= 11 is 0. The van der Waals surface area contributed by atoms with Crippen LogP contribution in [-0.4, -0.2) is 40.6 Å². The highest BCUT2D eigenvalue weighted by Crippen LogP contribution is 2.13. The van der Waals surface area contributed by atoms with Crippen LogP contribution in [0.4, 0.5) is 5.69 Å². The Kier molecular flexibility index (Phi) is 5.40. The SMILES string of the molecule is O=C(Cc1ccc([N+](=O)[O-])cc1)NCCCN1C(=O)CCC1=O. The van der Waals surface area contributed by atoms with Gasteiger partial charge in [0.05, 0.1) is 11.3 Å². The van der Waals surface area contributed by atoms with Crippen LogP contribution in [0.1, 0.15) is 24.8 Å². The van der Waals surface area contributed by atoms with Crippen LogP contribution in [0, 0.1) is 10.1 Å². The largest absolute Gasteiger partial charge is 0.356 e. The third-order valence-electron chi connectivity index (χ3n) is 3.55. The van der Waals surface area contributed by atoms with Crippen LogP contribution in [0.2, 0.25) is 0 Å². The van der Waals surface area contributed by atoms with E-state index in [9.17, 15) is 24.5 Å². The molecule has 1 heterocycles. The standard InChI is InChI=1S/C15H17N3O5/c19-13(10-11-2-4-12(5-3-11)18(22)23)16-8-1-9-17-14(20)6-7-15(17)21/h2-5H,1,6-10H2,(H,16,19). The first-order valence-electron chi connectivity index (χ1n) is 7.30. The third kappa shape index (κ3) is 4.60. The van der Waals surface area contributed by atoms with Gasteiger partial charge in [-0.05, 0) is 12.0 Å². The van der Waals surface area contributed by atoms with Crippen LogP contribution in [0.15, 0.2) is 24.3 Å². The molecule has 8 heteroatoms. The van der Waals surface area contributed by atoms with E-state index in [2.05, 4.69) is 5.32 Å². The Morgan fingerprint density at radius 2 is 1.78 bits per heavy atom.